The van der Waals surface area contributed by atoms with Crippen LogP contribution in [0.1, 0.15) is 62.0 Å². The molecule has 0 fully saturated rings. The lowest BCUT2D eigenvalue weighted by molar-refractivity contribution is 0.0693. The molecule has 1 aliphatic rings. The molecule has 3 nitrogen and oxygen atoms in total. The zero-order valence-electron chi connectivity index (χ0n) is 17.8. The van der Waals surface area contributed by atoms with Crippen molar-refractivity contribution < 1.29 is 14.6 Å². The van der Waals surface area contributed by atoms with Gasteiger partial charge in [0.15, 0.2) is 0 Å². The van der Waals surface area contributed by atoms with Crippen molar-refractivity contribution in [3.8, 4) is 16.9 Å². The van der Waals surface area contributed by atoms with Crippen LogP contribution in [0.2, 0.25) is 0 Å². The number of methoxy groups -OCH3 is 1. The Bertz CT molecular complexity index is 1120. The fourth-order valence-electron chi connectivity index (χ4n) is 4.54. The van der Waals surface area contributed by atoms with E-state index in [9.17, 15) is 9.90 Å². The summed E-state index contributed by atoms with van der Waals surface area (Å²) >= 11 is 0. The van der Waals surface area contributed by atoms with Gasteiger partial charge >= 0.3 is 5.97 Å². The van der Waals surface area contributed by atoms with Gasteiger partial charge in [-0.25, -0.2) is 4.79 Å². The number of fused-ring (bicyclic) bond motifs is 2. The minimum atomic E-state index is -0.983. The Labute approximate surface area is 172 Å². The van der Waals surface area contributed by atoms with Crippen LogP contribution in [0, 0.1) is 0 Å². The van der Waals surface area contributed by atoms with E-state index in [2.05, 4.69) is 58.0 Å². The van der Waals surface area contributed by atoms with Crippen LogP contribution in [0.5, 0.6) is 5.75 Å². The maximum Gasteiger partial charge on any atom is 0.339 e. The van der Waals surface area contributed by atoms with E-state index in [1.807, 2.05) is 6.07 Å². The molecule has 0 saturated carbocycles. The third-order valence-electron chi connectivity index (χ3n) is 6.58. The molecule has 0 radical (unpaired) electrons. The first-order chi connectivity index (χ1) is 13.6. The summed E-state index contributed by atoms with van der Waals surface area (Å²) in [6.45, 7) is 9.37. The minimum absolute atomic E-state index is 0.168. The predicted molar refractivity (Wildman–Crippen MR) is 118 cm³/mol. The van der Waals surface area contributed by atoms with Crippen LogP contribution in [0.3, 0.4) is 0 Å². The molecule has 0 spiro atoms. The molecule has 3 heteroatoms. The van der Waals surface area contributed by atoms with E-state index in [0.717, 1.165) is 11.1 Å². The first-order valence-electron chi connectivity index (χ1n) is 10.1. The number of hydrogen-bond donors (Lipinski definition) is 1. The average molecular weight is 389 g/mol. The Balaban J connectivity index is 1.86. The summed E-state index contributed by atoms with van der Waals surface area (Å²) in [5, 5.41) is 11.8. The zero-order valence-corrected chi connectivity index (χ0v) is 17.8. The molecular weight excluding hydrogens is 360 g/mol. The smallest absolute Gasteiger partial charge is 0.339 e. The molecule has 1 N–H and O–H groups in total. The second-order valence-corrected chi connectivity index (χ2v) is 9.45. The molecule has 0 unspecified atom stereocenters. The Morgan fingerprint density at radius 3 is 1.97 bits per heavy atom. The van der Waals surface area contributed by atoms with E-state index < -0.39 is 5.97 Å². The third-order valence-corrected chi connectivity index (χ3v) is 6.58. The van der Waals surface area contributed by atoms with Crippen LogP contribution in [-0.2, 0) is 10.8 Å². The summed E-state index contributed by atoms with van der Waals surface area (Å²) in [7, 11) is 1.50. The number of benzene rings is 3. The highest BCUT2D eigenvalue weighted by atomic mass is 16.5. The van der Waals surface area contributed by atoms with E-state index in [1.165, 1.54) is 41.9 Å². The van der Waals surface area contributed by atoms with Crippen molar-refractivity contribution >= 4 is 16.7 Å². The van der Waals surface area contributed by atoms with E-state index in [4.69, 9.17) is 4.74 Å². The number of carbonyl (C=O) groups is 1. The minimum Gasteiger partial charge on any atom is -0.496 e. The Morgan fingerprint density at radius 1 is 0.828 bits per heavy atom. The maximum atomic E-state index is 11.4. The van der Waals surface area contributed by atoms with Gasteiger partial charge in [0.05, 0.1) is 7.11 Å². The molecule has 0 saturated heterocycles. The number of carboxylic acids is 1. The second kappa shape index (κ2) is 6.62. The second-order valence-electron chi connectivity index (χ2n) is 9.45. The van der Waals surface area contributed by atoms with Crippen molar-refractivity contribution in [3.63, 3.8) is 0 Å². The summed E-state index contributed by atoms with van der Waals surface area (Å²) < 4.78 is 5.30. The molecule has 4 rings (SSSR count). The van der Waals surface area contributed by atoms with Gasteiger partial charge in [-0.15, -0.1) is 0 Å². The molecule has 29 heavy (non-hydrogen) atoms. The van der Waals surface area contributed by atoms with Gasteiger partial charge in [0.2, 0.25) is 0 Å². The molecule has 0 bridgehead atoms. The normalized spacial score (nSPS) is 17.0. The fraction of sp³-hybridized carbons (Fsp3) is 0.346. The maximum absolute atomic E-state index is 11.4. The Morgan fingerprint density at radius 2 is 1.38 bits per heavy atom. The number of hydrogen-bond acceptors (Lipinski definition) is 2. The molecular formula is C26H28O3. The molecule has 0 heterocycles. The molecule has 0 amide bonds. The summed E-state index contributed by atoms with van der Waals surface area (Å²) in [5.74, 6) is -0.605. The van der Waals surface area contributed by atoms with E-state index in [0.29, 0.717) is 5.75 Å². The van der Waals surface area contributed by atoms with E-state index >= 15 is 0 Å². The Hall–Kier alpha value is -2.81. The molecule has 1 aliphatic carbocycles. The van der Waals surface area contributed by atoms with Crippen molar-refractivity contribution in [2.75, 3.05) is 7.11 Å². The quantitative estimate of drug-likeness (QED) is 0.552. The summed E-state index contributed by atoms with van der Waals surface area (Å²) in [6.07, 6.45) is 2.39. The van der Waals surface area contributed by atoms with Crippen LogP contribution in [0.4, 0.5) is 0 Å². The number of aromatic carboxylic acids is 1. The lowest BCUT2D eigenvalue weighted by atomic mass is 9.63. The fourth-order valence-corrected chi connectivity index (χ4v) is 4.54. The number of rotatable bonds is 3. The van der Waals surface area contributed by atoms with Crippen LogP contribution < -0.4 is 4.74 Å². The SMILES string of the molecule is COc1cc(-c2ccc3cc4c(cc3c2)C(C)(C)CCC4(C)C)ccc1C(=O)O. The van der Waals surface area contributed by atoms with Crippen molar-refractivity contribution in [3.05, 3.63) is 65.2 Å². The van der Waals surface area contributed by atoms with Gasteiger partial charge in [-0.2, -0.15) is 0 Å². The first-order valence-corrected chi connectivity index (χ1v) is 10.1. The zero-order chi connectivity index (χ0) is 21.0. The largest absolute Gasteiger partial charge is 0.496 e. The molecule has 0 atom stereocenters. The first kappa shape index (κ1) is 19.5. The van der Waals surface area contributed by atoms with Crippen molar-refractivity contribution in [1.29, 1.82) is 0 Å². The average Bonchev–Trinajstić information content (AvgIpc) is 2.69. The van der Waals surface area contributed by atoms with Crippen molar-refractivity contribution in [2.24, 2.45) is 0 Å². The lowest BCUT2D eigenvalue weighted by Gasteiger charge is -2.42. The molecule has 0 aliphatic heterocycles. The summed E-state index contributed by atoms with van der Waals surface area (Å²) in [6, 6.07) is 16.4. The summed E-state index contributed by atoms with van der Waals surface area (Å²) in [5.41, 5.74) is 5.44. The van der Waals surface area contributed by atoms with Gasteiger partial charge < -0.3 is 9.84 Å². The van der Waals surface area contributed by atoms with Gasteiger partial charge in [-0.3, -0.25) is 0 Å². The van der Waals surface area contributed by atoms with E-state index in [1.54, 1.807) is 12.1 Å². The third kappa shape index (κ3) is 3.29. The number of ether oxygens (including phenoxy) is 1. The van der Waals surface area contributed by atoms with E-state index in [-0.39, 0.29) is 16.4 Å². The van der Waals surface area contributed by atoms with Crippen molar-refractivity contribution in [2.45, 2.75) is 51.4 Å². The standard InChI is InChI=1S/C26H28O3/c1-25(2)10-11-26(3,4)22-14-19-12-16(6-7-17(19)13-21(22)25)18-8-9-20(24(27)28)23(15-18)29-5/h6-9,12-15H,10-11H2,1-5H3,(H,27,28). The monoisotopic (exact) mass is 388 g/mol. The lowest BCUT2D eigenvalue weighted by Crippen LogP contribution is -2.33. The molecule has 150 valence electrons. The van der Waals surface area contributed by atoms with Crippen molar-refractivity contribution in [1.82, 2.24) is 0 Å². The topological polar surface area (TPSA) is 46.5 Å². The molecule has 0 aromatic heterocycles. The van der Waals surface area contributed by atoms with Gasteiger partial charge in [-0.05, 0) is 74.9 Å². The summed E-state index contributed by atoms with van der Waals surface area (Å²) in [4.78, 5) is 11.4. The van der Waals surface area contributed by atoms with Crippen LogP contribution in [-0.4, -0.2) is 18.2 Å². The highest BCUT2D eigenvalue weighted by molar-refractivity contribution is 5.93. The molecule has 3 aromatic carbocycles. The van der Waals surface area contributed by atoms with Crippen LogP contribution in [0.15, 0.2) is 48.5 Å². The van der Waals surface area contributed by atoms with Gasteiger partial charge in [-0.1, -0.05) is 58.0 Å². The van der Waals surface area contributed by atoms with Gasteiger partial charge in [0.25, 0.3) is 0 Å². The van der Waals surface area contributed by atoms with Crippen LogP contribution >= 0.6 is 0 Å². The highest BCUT2D eigenvalue weighted by Gasteiger charge is 2.37. The Kier molecular flexibility index (Phi) is 4.45. The predicted octanol–water partition coefficient (Wildman–Crippen LogP) is 6.56. The van der Waals surface area contributed by atoms with Gasteiger partial charge in [0, 0.05) is 0 Å². The molecule has 3 aromatic rings. The van der Waals surface area contributed by atoms with Crippen LogP contribution in [0.25, 0.3) is 21.9 Å². The van der Waals surface area contributed by atoms with Gasteiger partial charge in [0.1, 0.15) is 11.3 Å². The highest BCUT2D eigenvalue weighted by Crippen LogP contribution is 2.47. The number of carboxylic acid groups (broad SMARTS) is 1.